The van der Waals surface area contributed by atoms with E-state index >= 15 is 0 Å². The lowest BCUT2D eigenvalue weighted by Crippen LogP contribution is -2.38. The summed E-state index contributed by atoms with van der Waals surface area (Å²) in [7, 11) is 1.66. The summed E-state index contributed by atoms with van der Waals surface area (Å²) in [6.07, 6.45) is 1.60. The first-order valence-electron chi connectivity index (χ1n) is 8.79. The predicted molar refractivity (Wildman–Crippen MR) is 107 cm³/mol. The number of non-ortho nitro benzene ring substituents is 1. The molecule has 144 valence electrons. The Morgan fingerprint density at radius 1 is 1.04 bits per heavy atom. The number of carbonyl (C=O) groups is 1. The number of amides is 1. The number of anilines is 2. The number of benzene rings is 2. The Morgan fingerprint density at radius 2 is 1.68 bits per heavy atom. The van der Waals surface area contributed by atoms with Crippen LogP contribution < -0.4 is 9.80 Å². The molecule has 1 amide bonds. The Hall–Kier alpha value is -3.61. The van der Waals surface area contributed by atoms with Gasteiger partial charge in [-0.3, -0.25) is 14.9 Å². The Kier molecular flexibility index (Phi) is 5.74. The molecule has 0 radical (unpaired) electrons. The van der Waals surface area contributed by atoms with Crippen molar-refractivity contribution in [1.82, 2.24) is 0 Å². The van der Waals surface area contributed by atoms with E-state index in [9.17, 15) is 14.9 Å². The van der Waals surface area contributed by atoms with E-state index in [-0.39, 0.29) is 18.1 Å². The Morgan fingerprint density at radius 3 is 2.25 bits per heavy atom. The molecule has 0 atom stereocenters. The maximum Gasteiger partial charge on any atom is 0.269 e. The van der Waals surface area contributed by atoms with Crippen LogP contribution >= 0.6 is 0 Å². The highest BCUT2D eigenvalue weighted by Crippen LogP contribution is 2.21. The van der Waals surface area contributed by atoms with Gasteiger partial charge in [0.15, 0.2) is 0 Å². The molecule has 0 saturated heterocycles. The van der Waals surface area contributed by atoms with E-state index in [1.807, 2.05) is 48.2 Å². The maximum absolute atomic E-state index is 12.9. The van der Waals surface area contributed by atoms with E-state index in [1.165, 1.54) is 17.0 Å². The van der Waals surface area contributed by atoms with Crippen LogP contribution in [0.5, 0.6) is 0 Å². The van der Waals surface area contributed by atoms with Crippen LogP contribution in [0.2, 0.25) is 0 Å². The molecule has 7 nitrogen and oxygen atoms in total. The van der Waals surface area contributed by atoms with Gasteiger partial charge in [0.25, 0.3) is 5.69 Å². The van der Waals surface area contributed by atoms with Gasteiger partial charge in [0.2, 0.25) is 5.91 Å². The highest BCUT2D eigenvalue weighted by molar-refractivity contribution is 5.96. The number of aryl methyl sites for hydroxylation is 1. The molecule has 7 heteroatoms. The monoisotopic (exact) mass is 379 g/mol. The Labute approximate surface area is 162 Å². The molecule has 0 unspecified atom stereocenters. The number of nitro benzene ring substituents is 1. The highest BCUT2D eigenvalue weighted by Gasteiger charge is 2.18. The highest BCUT2D eigenvalue weighted by atomic mass is 16.6. The van der Waals surface area contributed by atoms with E-state index in [0.29, 0.717) is 12.2 Å². The minimum atomic E-state index is -0.464. The second kappa shape index (κ2) is 8.39. The maximum atomic E-state index is 12.9. The van der Waals surface area contributed by atoms with E-state index in [2.05, 4.69) is 0 Å². The van der Waals surface area contributed by atoms with Crippen LogP contribution in [0.4, 0.5) is 17.1 Å². The van der Waals surface area contributed by atoms with Gasteiger partial charge >= 0.3 is 0 Å². The molecule has 1 heterocycles. The van der Waals surface area contributed by atoms with Crippen LogP contribution in [0.1, 0.15) is 11.3 Å². The fourth-order valence-corrected chi connectivity index (χ4v) is 2.80. The summed E-state index contributed by atoms with van der Waals surface area (Å²) in [5, 5.41) is 10.8. The van der Waals surface area contributed by atoms with E-state index < -0.39 is 4.92 Å². The summed E-state index contributed by atoms with van der Waals surface area (Å²) in [5.74, 6) is 0.618. The van der Waals surface area contributed by atoms with Gasteiger partial charge in [-0.1, -0.05) is 17.7 Å². The van der Waals surface area contributed by atoms with Crippen molar-refractivity contribution in [2.24, 2.45) is 0 Å². The normalized spacial score (nSPS) is 10.5. The molecule has 0 fully saturated rings. The number of carbonyl (C=O) groups excluding carboxylic acids is 1. The van der Waals surface area contributed by atoms with Crippen molar-refractivity contribution in [1.29, 1.82) is 0 Å². The van der Waals surface area contributed by atoms with Crippen LogP contribution in [-0.2, 0) is 11.3 Å². The summed E-state index contributed by atoms with van der Waals surface area (Å²) < 4.78 is 5.44. The molecule has 1 aromatic heterocycles. The summed E-state index contributed by atoms with van der Waals surface area (Å²) in [5.41, 5.74) is 2.63. The second-order valence-electron chi connectivity index (χ2n) is 6.50. The van der Waals surface area contributed by atoms with Crippen LogP contribution in [-0.4, -0.2) is 24.4 Å². The fourth-order valence-electron chi connectivity index (χ4n) is 2.80. The number of hydrogen-bond acceptors (Lipinski definition) is 5. The summed E-state index contributed by atoms with van der Waals surface area (Å²) in [6, 6.07) is 17.5. The smallest absolute Gasteiger partial charge is 0.269 e. The Balaban J connectivity index is 1.77. The van der Waals surface area contributed by atoms with Crippen molar-refractivity contribution >= 4 is 23.0 Å². The molecule has 0 N–H and O–H groups in total. The summed E-state index contributed by atoms with van der Waals surface area (Å²) in [6.45, 7) is 2.60. The minimum absolute atomic E-state index is 0.0105. The third kappa shape index (κ3) is 4.56. The zero-order valence-electron chi connectivity index (χ0n) is 15.7. The molecule has 28 heavy (non-hydrogen) atoms. The molecule has 3 aromatic rings. The first kappa shape index (κ1) is 19.2. The van der Waals surface area contributed by atoms with Gasteiger partial charge < -0.3 is 14.2 Å². The number of likely N-dealkylation sites (N-methyl/N-ethyl adjacent to an activating group) is 1. The molecule has 0 saturated carbocycles. The summed E-state index contributed by atoms with van der Waals surface area (Å²) >= 11 is 0. The SMILES string of the molecule is Cc1ccc(N(CC(=O)N(C)c2ccc([N+](=O)[O-])cc2)Cc2ccco2)cc1. The third-order valence-corrected chi connectivity index (χ3v) is 4.47. The second-order valence-corrected chi connectivity index (χ2v) is 6.50. The van der Waals surface area contributed by atoms with Crippen molar-refractivity contribution in [2.75, 3.05) is 23.4 Å². The first-order valence-corrected chi connectivity index (χ1v) is 8.79. The zero-order chi connectivity index (χ0) is 20.1. The molecular weight excluding hydrogens is 358 g/mol. The predicted octanol–water partition coefficient (Wildman–Crippen LogP) is 4.17. The topological polar surface area (TPSA) is 79.8 Å². The largest absolute Gasteiger partial charge is 0.467 e. The standard InChI is InChI=1S/C21H21N3O4/c1-16-5-7-18(8-6-16)23(14-20-4-3-13-28-20)15-21(25)22(2)17-9-11-19(12-10-17)24(26)27/h3-13H,14-15H2,1-2H3. The molecule has 0 spiro atoms. The van der Waals surface area contributed by atoms with Gasteiger partial charge in [-0.05, 0) is 43.3 Å². The lowest BCUT2D eigenvalue weighted by Gasteiger charge is -2.26. The van der Waals surface area contributed by atoms with E-state index in [1.54, 1.807) is 25.4 Å². The quantitative estimate of drug-likeness (QED) is 0.455. The molecule has 0 aliphatic rings. The average molecular weight is 379 g/mol. The van der Waals surface area contributed by atoms with Gasteiger partial charge in [0.05, 0.1) is 24.3 Å². The minimum Gasteiger partial charge on any atom is -0.467 e. The van der Waals surface area contributed by atoms with Crippen LogP contribution in [0.25, 0.3) is 0 Å². The third-order valence-electron chi connectivity index (χ3n) is 4.47. The number of nitro groups is 1. The van der Waals surface area contributed by atoms with Crippen molar-refractivity contribution in [2.45, 2.75) is 13.5 Å². The lowest BCUT2D eigenvalue weighted by atomic mass is 10.2. The van der Waals surface area contributed by atoms with Crippen molar-refractivity contribution in [3.05, 3.63) is 88.4 Å². The van der Waals surface area contributed by atoms with E-state index in [4.69, 9.17) is 4.42 Å². The summed E-state index contributed by atoms with van der Waals surface area (Å²) in [4.78, 5) is 26.6. The average Bonchev–Trinajstić information content (AvgIpc) is 3.20. The molecule has 3 rings (SSSR count). The van der Waals surface area contributed by atoms with Gasteiger partial charge in [0.1, 0.15) is 5.76 Å². The van der Waals surface area contributed by atoms with Crippen molar-refractivity contribution < 1.29 is 14.1 Å². The van der Waals surface area contributed by atoms with Crippen molar-refractivity contribution in [3.63, 3.8) is 0 Å². The van der Waals surface area contributed by atoms with Crippen LogP contribution in [0, 0.1) is 17.0 Å². The number of hydrogen-bond donors (Lipinski definition) is 0. The molecule has 0 aliphatic carbocycles. The van der Waals surface area contributed by atoms with Crippen LogP contribution in [0.15, 0.2) is 71.3 Å². The zero-order valence-corrected chi connectivity index (χ0v) is 15.7. The molecular formula is C21H21N3O4. The van der Waals surface area contributed by atoms with Crippen LogP contribution in [0.3, 0.4) is 0 Å². The molecule has 0 bridgehead atoms. The first-order chi connectivity index (χ1) is 13.4. The van der Waals surface area contributed by atoms with Gasteiger partial charge in [-0.25, -0.2) is 0 Å². The van der Waals surface area contributed by atoms with Gasteiger partial charge in [-0.15, -0.1) is 0 Å². The van der Waals surface area contributed by atoms with Gasteiger partial charge in [-0.2, -0.15) is 0 Å². The number of nitrogens with zero attached hydrogens (tertiary/aromatic N) is 3. The van der Waals surface area contributed by atoms with Gasteiger partial charge in [0, 0.05) is 30.6 Å². The lowest BCUT2D eigenvalue weighted by molar-refractivity contribution is -0.384. The Bertz CT molecular complexity index is 935. The molecule has 0 aliphatic heterocycles. The fraction of sp³-hybridized carbons (Fsp3) is 0.190. The number of rotatable bonds is 7. The number of furan rings is 1. The molecule has 2 aromatic carbocycles. The van der Waals surface area contributed by atoms with Crippen molar-refractivity contribution in [3.8, 4) is 0 Å². The van der Waals surface area contributed by atoms with E-state index in [0.717, 1.165) is 17.0 Å².